The Bertz CT molecular complexity index is 426. The van der Waals surface area contributed by atoms with Gasteiger partial charge in [0.1, 0.15) is 0 Å². The monoisotopic (exact) mass is 288 g/mol. The summed E-state index contributed by atoms with van der Waals surface area (Å²) in [6, 6.07) is 9.57. The number of benzene rings is 1. The fourth-order valence-corrected chi connectivity index (χ4v) is 3.94. The molecule has 1 aliphatic carbocycles. The Balaban J connectivity index is 2.05. The van der Waals surface area contributed by atoms with Crippen LogP contribution in [0.2, 0.25) is 0 Å². The van der Waals surface area contributed by atoms with E-state index in [9.17, 15) is 0 Å². The summed E-state index contributed by atoms with van der Waals surface area (Å²) >= 11 is 0. The van der Waals surface area contributed by atoms with Crippen molar-refractivity contribution in [3.05, 3.63) is 29.8 Å². The van der Waals surface area contributed by atoms with Crippen molar-refractivity contribution in [1.29, 1.82) is 0 Å². The van der Waals surface area contributed by atoms with Crippen LogP contribution in [0.4, 0.5) is 5.69 Å². The summed E-state index contributed by atoms with van der Waals surface area (Å²) in [4.78, 5) is 2.43. The van der Waals surface area contributed by atoms with Crippen molar-refractivity contribution in [2.75, 3.05) is 25.0 Å². The van der Waals surface area contributed by atoms with Gasteiger partial charge in [-0.3, -0.25) is 0 Å². The first-order chi connectivity index (χ1) is 10.0. The lowest BCUT2D eigenvalue weighted by Crippen LogP contribution is -2.48. The Kier molecular flexibility index (Phi) is 5.69. The molecule has 2 heteroatoms. The van der Waals surface area contributed by atoms with Gasteiger partial charge in [-0.05, 0) is 56.2 Å². The Labute approximate surface area is 130 Å². The van der Waals surface area contributed by atoms with E-state index < -0.39 is 0 Å². The van der Waals surface area contributed by atoms with Gasteiger partial charge < -0.3 is 10.2 Å². The molecule has 0 heterocycles. The number of rotatable bonds is 5. The fourth-order valence-electron chi connectivity index (χ4n) is 3.94. The van der Waals surface area contributed by atoms with Gasteiger partial charge in [0.2, 0.25) is 0 Å². The highest BCUT2D eigenvalue weighted by Gasteiger charge is 2.34. The normalized spacial score (nSPS) is 29.4. The maximum Gasteiger partial charge on any atom is 0.0363 e. The van der Waals surface area contributed by atoms with Gasteiger partial charge in [-0.1, -0.05) is 38.5 Å². The summed E-state index contributed by atoms with van der Waals surface area (Å²) in [6.07, 6.45) is 2.69. The van der Waals surface area contributed by atoms with Crippen LogP contribution >= 0.6 is 0 Å². The van der Waals surface area contributed by atoms with E-state index in [4.69, 9.17) is 0 Å². The molecule has 0 aliphatic heterocycles. The summed E-state index contributed by atoms with van der Waals surface area (Å²) in [7, 11) is 2.23. The molecule has 21 heavy (non-hydrogen) atoms. The molecule has 4 atom stereocenters. The minimum Gasteiger partial charge on any atom is -0.374 e. The van der Waals surface area contributed by atoms with Crippen molar-refractivity contribution in [3.8, 4) is 0 Å². The smallest absolute Gasteiger partial charge is 0.0363 e. The van der Waals surface area contributed by atoms with Crippen LogP contribution in [0.15, 0.2) is 24.3 Å². The highest BCUT2D eigenvalue weighted by atomic mass is 15.1. The van der Waals surface area contributed by atoms with E-state index in [1.54, 1.807) is 0 Å². The molecule has 2 nitrogen and oxygen atoms in total. The first-order valence-electron chi connectivity index (χ1n) is 8.52. The summed E-state index contributed by atoms with van der Waals surface area (Å²) in [5.74, 6) is 2.39. The average Bonchev–Trinajstić information content (AvgIpc) is 2.43. The Morgan fingerprint density at radius 3 is 2.43 bits per heavy atom. The minimum atomic E-state index is 0.668. The molecule has 1 N–H and O–H groups in total. The van der Waals surface area contributed by atoms with Crippen LogP contribution in [0, 0.1) is 24.7 Å². The van der Waals surface area contributed by atoms with Crippen molar-refractivity contribution in [1.82, 2.24) is 5.32 Å². The third-order valence-electron chi connectivity index (χ3n) is 5.10. The molecule has 4 unspecified atom stereocenters. The molecular weight excluding hydrogens is 256 g/mol. The first-order valence-corrected chi connectivity index (χ1v) is 8.52. The van der Waals surface area contributed by atoms with Gasteiger partial charge in [-0.2, -0.15) is 0 Å². The average molecular weight is 288 g/mol. The predicted octanol–water partition coefficient (Wildman–Crippen LogP) is 4.09. The molecule has 2 rings (SSSR count). The Hall–Kier alpha value is -1.02. The number of nitrogens with zero attached hydrogens (tertiary/aromatic N) is 1. The van der Waals surface area contributed by atoms with Crippen molar-refractivity contribution in [2.24, 2.45) is 17.8 Å². The maximum absolute atomic E-state index is 3.73. The zero-order valence-electron chi connectivity index (χ0n) is 14.4. The van der Waals surface area contributed by atoms with E-state index >= 15 is 0 Å². The van der Waals surface area contributed by atoms with E-state index in [2.05, 4.69) is 69.2 Å². The molecule has 0 bridgehead atoms. The predicted molar refractivity (Wildman–Crippen MR) is 93.0 cm³/mol. The summed E-state index contributed by atoms with van der Waals surface area (Å²) in [5.41, 5.74) is 2.67. The highest BCUT2D eigenvalue weighted by molar-refractivity contribution is 5.46. The third-order valence-corrected chi connectivity index (χ3v) is 5.10. The van der Waals surface area contributed by atoms with Crippen LogP contribution in [-0.2, 0) is 0 Å². The van der Waals surface area contributed by atoms with Gasteiger partial charge in [-0.15, -0.1) is 0 Å². The van der Waals surface area contributed by atoms with Gasteiger partial charge in [0, 0.05) is 25.3 Å². The first kappa shape index (κ1) is 16.4. The lowest BCUT2D eigenvalue weighted by molar-refractivity contribution is 0.154. The summed E-state index contributed by atoms with van der Waals surface area (Å²) in [5, 5.41) is 3.73. The number of hydrogen-bond donors (Lipinski definition) is 1. The zero-order chi connectivity index (χ0) is 15.4. The summed E-state index contributed by atoms with van der Waals surface area (Å²) < 4.78 is 0. The number of anilines is 1. The Morgan fingerprint density at radius 2 is 1.81 bits per heavy atom. The highest BCUT2D eigenvalue weighted by Crippen LogP contribution is 2.34. The van der Waals surface area contributed by atoms with Crippen molar-refractivity contribution in [2.45, 2.75) is 46.6 Å². The molecule has 0 radical (unpaired) electrons. The lowest BCUT2D eigenvalue weighted by atomic mass is 9.72. The second-order valence-corrected chi connectivity index (χ2v) is 7.10. The summed E-state index contributed by atoms with van der Waals surface area (Å²) in [6.45, 7) is 11.4. The topological polar surface area (TPSA) is 15.3 Å². The van der Waals surface area contributed by atoms with Gasteiger partial charge >= 0.3 is 0 Å². The standard InChI is InChI=1S/C19H32N2/c1-6-20-19-12-15(3)11-16(4)18(19)13-21(5)17-9-7-14(2)8-10-17/h7-10,15-16,18-20H,6,11-13H2,1-5H3. The largest absolute Gasteiger partial charge is 0.374 e. The minimum absolute atomic E-state index is 0.668. The SMILES string of the molecule is CCNC1CC(C)CC(C)C1CN(C)c1ccc(C)cc1. The number of hydrogen-bond acceptors (Lipinski definition) is 2. The van der Waals surface area contributed by atoms with E-state index in [-0.39, 0.29) is 0 Å². The van der Waals surface area contributed by atoms with Crippen molar-refractivity contribution >= 4 is 5.69 Å². The molecule has 0 spiro atoms. The Morgan fingerprint density at radius 1 is 1.14 bits per heavy atom. The molecule has 1 aromatic rings. The molecule has 1 aromatic carbocycles. The molecule has 1 fully saturated rings. The maximum atomic E-state index is 3.73. The van der Waals surface area contributed by atoms with Crippen molar-refractivity contribution in [3.63, 3.8) is 0 Å². The molecule has 1 saturated carbocycles. The van der Waals surface area contributed by atoms with Gasteiger partial charge in [0.05, 0.1) is 0 Å². The van der Waals surface area contributed by atoms with E-state index in [1.165, 1.54) is 24.1 Å². The molecule has 118 valence electrons. The van der Waals surface area contributed by atoms with Gasteiger partial charge in [-0.25, -0.2) is 0 Å². The van der Waals surface area contributed by atoms with Crippen LogP contribution in [0.3, 0.4) is 0 Å². The van der Waals surface area contributed by atoms with E-state index in [0.29, 0.717) is 6.04 Å². The van der Waals surface area contributed by atoms with Crippen LogP contribution in [-0.4, -0.2) is 26.2 Å². The fraction of sp³-hybridized carbons (Fsp3) is 0.684. The molecule has 0 saturated heterocycles. The number of nitrogens with one attached hydrogen (secondary N) is 1. The van der Waals surface area contributed by atoms with Gasteiger partial charge in [0.25, 0.3) is 0 Å². The van der Waals surface area contributed by atoms with Gasteiger partial charge in [0.15, 0.2) is 0 Å². The molecule has 0 amide bonds. The zero-order valence-corrected chi connectivity index (χ0v) is 14.4. The second-order valence-electron chi connectivity index (χ2n) is 7.10. The quantitative estimate of drug-likeness (QED) is 0.878. The third kappa shape index (κ3) is 4.23. The number of aryl methyl sites for hydroxylation is 1. The van der Waals surface area contributed by atoms with Crippen molar-refractivity contribution < 1.29 is 0 Å². The van der Waals surface area contributed by atoms with Crippen LogP contribution in [0.1, 0.15) is 39.2 Å². The molecular formula is C19H32N2. The molecule has 0 aromatic heterocycles. The van der Waals surface area contributed by atoms with E-state index in [1.807, 2.05) is 0 Å². The van der Waals surface area contributed by atoms with Crippen LogP contribution in [0.5, 0.6) is 0 Å². The van der Waals surface area contributed by atoms with Crippen LogP contribution in [0.25, 0.3) is 0 Å². The van der Waals surface area contributed by atoms with E-state index in [0.717, 1.165) is 30.8 Å². The molecule has 1 aliphatic rings. The second kappa shape index (κ2) is 7.31. The lowest BCUT2D eigenvalue weighted by Gasteiger charge is -2.42. The van der Waals surface area contributed by atoms with Crippen LogP contribution < -0.4 is 10.2 Å².